The van der Waals surface area contributed by atoms with Gasteiger partial charge in [-0.1, -0.05) is 0 Å². The van der Waals surface area contributed by atoms with Crippen LogP contribution in [0.15, 0.2) is 109 Å². The Hall–Kier alpha value is -2.89. The van der Waals surface area contributed by atoms with E-state index < -0.39 is 21.3 Å². The molecule has 0 amide bonds. The van der Waals surface area contributed by atoms with Crippen LogP contribution in [0.5, 0.6) is 0 Å². The van der Waals surface area contributed by atoms with Crippen LogP contribution in [0, 0.1) is 13.8 Å². The summed E-state index contributed by atoms with van der Waals surface area (Å²) < 4.78 is 2.57. The standard InChI is InChI=1S/C21H25.C15H14.C5H5.Zr/c1-20(2,3)16-9-7-14-11-15-8-10-17(21(4,5)6)13-19(15)18(14)12-16;1-12-3-7-14(8-4-12)11-15-9-5-13(2)6-10-15;1-2-4-5-3-1;/h7-13H,1-6H3;3-10H,1-2H3;1-5H;. The predicted molar refractivity (Wildman–Crippen MR) is 179 cm³/mol. The molecule has 0 N–H and O–H groups in total. The Morgan fingerprint density at radius 2 is 0.952 bits per heavy atom. The van der Waals surface area contributed by atoms with Gasteiger partial charge in [0.1, 0.15) is 0 Å². The zero-order chi connectivity index (χ0) is 29.8. The SMILES string of the molecule is Cc1ccc([C](c2ccc(C)cc2)=[Zr]([CH]2C=CC=C2)[CH]2c3ccc(C(C)(C)C)cc3-c3cc(C(C)(C)C)ccc32)cc1. The molecule has 0 aliphatic heterocycles. The van der Waals surface area contributed by atoms with Crippen LogP contribution >= 0.6 is 0 Å². The normalized spacial score (nSPS) is 14.8. The summed E-state index contributed by atoms with van der Waals surface area (Å²) in [7, 11) is 0. The summed E-state index contributed by atoms with van der Waals surface area (Å²) in [6.45, 7) is 18.4. The Bertz CT molecular complexity index is 1610. The van der Waals surface area contributed by atoms with Gasteiger partial charge in [-0.25, -0.2) is 0 Å². The number of allylic oxidation sites excluding steroid dienone is 4. The summed E-state index contributed by atoms with van der Waals surface area (Å²) >= 11 is -2.63. The number of hydrogen-bond acceptors (Lipinski definition) is 0. The van der Waals surface area contributed by atoms with Crippen LogP contribution in [0.25, 0.3) is 11.1 Å². The Labute approximate surface area is 261 Å². The summed E-state index contributed by atoms with van der Waals surface area (Å²) in [4.78, 5) is 0. The van der Waals surface area contributed by atoms with Crippen molar-refractivity contribution in [3.63, 3.8) is 0 Å². The molecule has 0 radical (unpaired) electrons. The first-order valence-corrected chi connectivity index (χ1v) is 19.5. The average Bonchev–Trinajstić information content (AvgIpc) is 3.58. The molecule has 6 rings (SSSR count). The Kier molecular flexibility index (Phi) is 7.64. The molecule has 0 bridgehead atoms. The minimum atomic E-state index is -2.63. The molecule has 0 spiro atoms. The third-order valence-corrected chi connectivity index (χ3v) is 17.7. The number of benzene rings is 4. The molecule has 212 valence electrons. The van der Waals surface area contributed by atoms with E-state index in [1.165, 1.54) is 44.5 Å². The van der Waals surface area contributed by atoms with E-state index in [-0.39, 0.29) is 10.8 Å². The van der Waals surface area contributed by atoms with Crippen molar-refractivity contribution in [2.45, 2.75) is 73.5 Å². The first kappa shape index (κ1) is 29.2. The predicted octanol–water partition coefficient (Wildman–Crippen LogP) is 10.8. The van der Waals surface area contributed by atoms with Gasteiger partial charge in [-0.2, -0.15) is 0 Å². The van der Waals surface area contributed by atoms with Crippen molar-refractivity contribution in [1.82, 2.24) is 0 Å². The fourth-order valence-corrected chi connectivity index (χ4v) is 16.0. The van der Waals surface area contributed by atoms with Crippen LogP contribution in [0.1, 0.15) is 89.7 Å². The first-order chi connectivity index (χ1) is 19.9. The number of fused-ring (bicyclic) bond motifs is 3. The molecule has 4 aromatic carbocycles. The third kappa shape index (κ3) is 5.46. The van der Waals surface area contributed by atoms with Gasteiger partial charge in [-0.15, -0.1) is 0 Å². The molecule has 0 aromatic heterocycles. The Morgan fingerprint density at radius 3 is 1.33 bits per heavy atom. The topological polar surface area (TPSA) is 0 Å². The Morgan fingerprint density at radius 1 is 0.548 bits per heavy atom. The fourth-order valence-electron chi connectivity index (χ4n) is 6.60. The van der Waals surface area contributed by atoms with Crippen molar-refractivity contribution in [3.05, 3.63) is 154 Å². The van der Waals surface area contributed by atoms with E-state index in [1.54, 1.807) is 14.3 Å². The fraction of sp³-hybridized carbons (Fsp3) is 0.293. The van der Waals surface area contributed by atoms with Gasteiger partial charge in [-0.05, 0) is 0 Å². The summed E-state index contributed by atoms with van der Waals surface area (Å²) in [5.41, 5.74) is 14.5. The zero-order valence-electron chi connectivity index (χ0n) is 26.5. The van der Waals surface area contributed by atoms with Crippen molar-refractivity contribution in [1.29, 1.82) is 0 Å². The molecule has 0 atom stereocenters. The number of aryl methyl sites for hydroxylation is 2. The van der Waals surface area contributed by atoms with Gasteiger partial charge in [0.2, 0.25) is 0 Å². The van der Waals surface area contributed by atoms with Gasteiger partial charge in [0.15, 0.2) is 0 Å². The van der Waals surface area contributed by atoms with Crippen molar-refractivity contribution >= 4 is 3.21 Å². The van der Waals surface area contributed by atoms with E-state index in [0.29, 0.717) is 7.25 Å². The molecule has 0 heterocycles. The second-order valence-corrected chi connectivity index (χ2v) is 20.9. The van der Waals surface area contributed by atoms with Crippen molar-refractivity contribution in [2.24, 2.45) is 0 Å². The summed E-state index contributed by atoms with van der Waals surface area (Å²) in [5.74, 6) is 0. The monoisotopic (exact) mass is 626 g/mol. The van der Waals surface area contributed by atoms with Gasteiger partial charge in [-0.3, -0.25) is 0 Å². The van der Waals surface area contributed by atoms with Crippen LogP contribution in [0.3, 0.4) is 0 Å². The summed E-state index contributed by atoms with van der Waals surface area (Å²) in [6, 6.07) is 33.6. The van der Waals surface area contributed by atoms with Gasteiger partial charge in [0, 0.05) is 0 Å². The van der Waals surface area contributed by atoms with Crippen LogP contribution in [-0.2, 0) is 32.1 Å². The van der Waals surface area contributed by atoms with Crippen LogP contribution in [0.2, 0.25) is 3.63 Å². The molecule has 0 fully saturated rings. The van der Waals surface area contributed by atoms with E-state index in [4.69, 9.17) is 0 Å². The van der Waals surface area contributed by atoms with Gasteiger partial charge >= 0.3 is 263 Å². The van der Waals surface area contributed by atoms with Gasteiger partial charge in [0.25, 0.3) is 0 Å². The second kappa shape index (κ2) is 11.0. The van der Waals surface area contributed by atoms with Crippen molar-refractivity contribution < 1.29 is 21.3 Å². The van der Waals surface area contributed by atoms with Crippen molar-refractivity contribution in [3.8, 4) is 11.1 Å². The first-order valence-electron chi connectivity index (χ1n) is 15.4. The van der Waals surface area contributed by atoms with E-state index in [1.807, 2.05) is 0 Å². The quantitative estimate of drug-likeness (QED) is 0.211. The zero-order valence-corrected chi connectivity index (χ0v) is 29.0. The van der Waals surface area contributed by atoms with Crippen LogP contribution in [-0.4, -0.2) is 3.21 Å². The molecule has 0 unspecified atom stereocenters. The molecule has 4 aromatic rings. The number of rotatable bonds is 4. The molecular weight excluding hydrogens is 584 g/mol. The average molecular weight is 628 g/mol. The van der Waals surface area contributed by atoms with Crippen LogP contribution in [0.4, 0.5) is 0 Å². The minimum absolute atomic E-state index is 0.106. The van der Waals surface area contributed by atoms with E-state index in [2.05, 4.69) is 165 Å². The molecule has 2 aliphatic carbocycles. The molecule has 2 aliphatic rings. The molecule has 0 saturated carbocycles. The molecular formula is C41H44Zr. The maximum atomic E-state index is 2.53. The Balaban J connectivity index is 1.71. The van der Waals surface area contributed by atoms with Gasteiger partial charge < -0.3 is 0 Å². The van der Waals surface area contributed by atoms with E-state index in [0.717, 1.165) is 0 Å². The number of hydrogen-bond donors (Lipinski definition) is 0. The molecule has 0 nitrogen and oxygen atoms in total. The maximum absolute atomic E-state index is 2.63. The van der Waals surface area contributed by atoms with E-state index in [9.17, 15) is 0 Å². The van der Waals surface area contributed by atoms with Gasteiger partial charge in [0.05, 0.1) is 0 Å². The van der Waals surface area contributed by atoms with Crippen LogP contribution < -0.4 is 0 Å². The van der Waals surface area contributed by atoms with Crippen molar-refractivity contribution in [2.75, 3.05) is 0 Å². The summed E-state index contributed by atoms with van der Waals surface area (Å²) in [5, 5.41) is 0. The van der Waals surface area contributed by atoms with E-state index >= 15 is 0 Å². The third-order valence-electron chi connectivity index (χ3n) is 9.14. The molecule has 42 heavy (non-hydrogen) atoms. The second-order valence-electron chi connectivity index (χ2n) is 14.4. The summed E-state index contributed by atoms with van der Waals surface area (Å²) in [6.07, 6.45) is 9.58. The molecule has 0 saturated heterocycles. The molecule has 1 heteroatoms.